The lowest BCUT2D eigenvalue weighted by molar-refractivity contribution is -0.384. The van der Waals surface area contributed by atoms with E-state index in [4.69, 9.17) is 0 Å². The minimum Gasteiger partial charge on any atom is -0.507 e. The second-order valence-electron chi connectivity index (χ2n) is 3.43. The van der Waals surface area contributed by atoms with Gasteiger partial charge in [-0.3, -0.25) is 10.1 Å². The molecule has 0 unspecified atom stereocenters. The number of nitrogens with zero attached hydrogens (tertiary/aromatic N) is 4. The van der Waals surface area contributed by atoms with E-state index in [1.54, 1.807) is 6.92 Å². The van der Waals surface area contributed by atoms with Crippen LogP contribution < -0.4 is 0 Å². The molecule has 1 aromatic carbocycles. The number of hydrogen-bond acceptors (Lipinski definition) is 7. The largest absolute Gasteiger partial charge is 0.507 e. The Kier molecular flexibility index (Phi) is 3.00. The van der Waals surface area contributed by atoms with Crippen molar-refractivity contribution in [2.24, 2.45) is 4.99 Å². The third-order valence-electron chi connectivity index (χ3n) is 2.18. The van der Waals surface area contributed by atoms with Crippen LogP contribution in [0.3, 0.4) is 0 Å². The zero-order valence-corrected chi connectivity index (χ0v) is 9.27. The Labute approximate surface area is 101 Å². The summed E-state index contributed by atoms with van der Waals surface area (Å²) >= 11 is 0. The first-order valence-corrected chi connectivity index (χ1v) is 4.88. The van der Waals surface area contributed by atoms with Gasteiger partial charge in [0.25, 0.3) is 5.69 Å². The number of benzene rings is 1. The van der Waals surface area contributed by atoms with Crippen molar-refractivity contribution in [2.75, 3.05) is 0 Å². The van der Waals surface area contributed by atoms with E-state index in [0.717, 1.165) is 0 Å². The smallest absolute Gasteiger partial charge is 0.270 e. The van der Waals surface area contributed by atoms with Crippen molar-refractivity contribution in [3.05, 3.63) is 39.6 Å². The van der Waals surface area contributed by atoms with Crippen LogP contribution in [0.1, 0.15) is 11.3 Å². The van der Waals surface area contributed by atoms with Crippen LogP contribution >= 0.6 is 0 Å². The van der Waals surface area contributed by atoms with Crippen molar-refractivity contribution in [2.45, 2.75) is 6.92 Å². The Hall–Kier alpha value is -2.77. The molecule has 1 aromatic heterocycles. The average molecular weight is 248 g/mol. The molecule has 0 amide bonds. The molecule has 0 atom stereocenters. The molecule has 2 aromatic rings. The average Bonchev–Trinajstić information content (AvgIpc) is 2.73. The van der Waals surface area contributed by atoms with Crippen molar-refractivity contribution in [3.8, 4) is 5.75 Å². The van der Waals surface area contributed by atoms with Crippen molar-refractivity contribution in [1.82, 2.24) is 10.3 Å². The lowest BCUT2D eigenvalue weighted by Crippen LogP contribution is -1.90. The Morgan fingerprint density at radius 1 is 1.50 bits per heavy atom. The van der Waals surface area contributed by atoms with Crippen molar-refractivity contribution in [3.63, 3.8) is 0 Å². The molecule has 0 spiro atoms. The zero-order chi connectivity index (χ0) is 13.1. The van der Waals surface area contributed by atoms with Gasteiger partial charge >= 0.3 is 0 Å². The summed E-state index contributed by atoms with van der Waals surface area (Å²) in [7, 11) is 0. The highest BCUT2D eigenvalue weighted by atomic mass is 16.6. The summed E-state index contributed by atoms with van der Waals surface area (Å²) in [5, 5.41) is 27.2. The predicted molar refractivity (Wildman–Crippen MR) is 61.1 cm³/mol. The number of aliphatic imine (C=N–C) groups is 1. The van der Waals surface area contributed by atoms with Gasteiger partial charge < -0.3 is 5.11 Å². The topological polar surface area (TPSA) is 115 Å². The van der Waals surface area contributed by atoms with Gasteiger partial charge in [0.1, 0.15) is 11.4 Å². The summed E-state index contributed by atoms with van der Waals surface area (Å²) in [4.78, 5) is 14.0. The number of hydrogen-bond donors (Lipinski definition) is 1. The first-order valence-electron chi connectivity index (χ1n) is 4.88. The van der Waals surface area contributed by atoms with E-state index in [1.165, 1.54) is 24.4 Å². The van der Waals surface area contributed by atoms with E-state index >= 15 is 0 Å². The molecule has 0 aliphatic heterocycles. The fraction of sp³-hybridized carbons (Fsp3) is 0.100. The quantitative estimate of drug-likeness (QED) is 0.502. The van der Waals surface area contributed by atoms with Crippen LogP contribution in [0.4, 0.5) is 11.5 Å². The lowest BCUT2D eigenvalue weighted by atomic mass is 10.2. The Morgan fingerprint density at radius 3 is 2.89 bits per heavy atom. The predicted octanol–water partition coefficient (Wildman–Crippen LogP) is 1.74. The van der Waals surface area contributed by atoms with Crippen LogP contribution in [0.25, 0.3) is 0 Å². The molecule has 92 valence electrons. The number of aromatic hydroxyl groups is 1. The van der Waals surface area contributed by atoms with Gasteiger partial charge in [-0.15, -0.1) is 0 Å². The molecule has 0 bridgehead atoms. The molecule has 0 saturated heterocycles. The maximum Gasteiger partial charge on any atom is 0.270 e. The molecule has 2 rings (SSSR count). The highest BCUT2D eigenvalue weighted by Crippen LogP contribution is 2.22. The number of phenolic OH excluding ortho intramolecular Hbond substituents is 1. The van der Waals surface area contributed by atoms with Gasteiger partial charge in [0, 0.05) is 23.9 Å². The fourth-order valence-corrected chi connectivity index (χ4v) is 1.23. The van der Waals surface area contributed by atoms with Gasteiger partial charge in [0.15, 0.2) is 0 Å². The molecule has 18 heavy (non-hydrogen) atoms. The van der Waals surface area contributed by atoms with Crippen LogP contribution in [0.15, 0.2) is 27.8 Å². The summed E-state index contributed by atoms with van der Waals surface area (Å²) in [6, 6.07) is 3.64. The first kappa shape index (κ1) is 11.7. The molecule has 8 nitrogen and oxygen atoms in total. The van der Waals surface area contributed by atoms with Gasteiger partial charge in [-0.1, -0.05) is 5.16 Å². The molecule has 0 radical (unpaired) electrons. The van der Waals surface area contributed by atoms with E-state index in [9.17, 15) is 15.2 Å². The van der Waals surface area contributed by atoms with Crippen LogP contribution in [0, 0.1) is 17.0 Å². The van der Waals surface area contributed by atoms with Crippen molar-refractivity contribution >= 4 is 17.7 Å². The molecule has 1 N–H and O–H groups in total. The second kappa shape index (κ2) is 4.62. The lowest BCUT2D eigenvalue weighted by Gasteiger charge is -1.97. The highest BCUT2D eigenvalue weighted by molar-refractivity contribution is 5.86. The van der Waals surface area contributed by atoms with E-state index in [0.29, 0.717) is 5.69 Å². The summed E-state index contributed by atoms with van der Waals surface area (Å²) in [5.74, 6) is 0.138. The Morgan fingerprint density at radius 2 is 2.28 bits per heavy atom. The number of phenols is 1. The third kappa shape index (κ3) is 2.32. The van der Waals surface area contributed by atoms with Gasteiger partial charge in [0.05, 0.1) is 4.92 Å². The number of nitro groups is 1. The molecule has 0 aliphatic carbocycles. The normalized spacial score (nSPS) is 10.9. The van der Waals surface area contributed by atoms with Crippen molar-refractivity contribution < 1.29 is 14.7 Å². The minimum atomic E-state index is -0.556. The molecule has 8 heteroatoms. The summed E-state index contributed by atoms with van der Waals surface area (Å²) in [6.07, 6.45) is 1.26. The molecular formula is C10H8N4O4. The van der Waals surface area contributed by atoms with E-state index < -0.39 is 4.92 Å². The standard InChI is InChI=1S/C10H8N4O4/c1-6-10(13-18-12-6)11-5-7-4-8(14(16)17)2-3-9(7)15/h2-5,15H,1H3. The Bertz CT molecular complexity index is 620. The van der Waals surface area contributed by atoms with E-state index in [-0.39, 0.29) is 22.8 Å². The van der Waals surface area contributed by atoms with Crippen LogP contribution in [0.5, 0.6) is 5.75 Å². The van der Waals surface area contributed by atoms with E-state index in [1.807, 2.05) is 0 Å². The van der Waals surface area contributed by atoms with Crippen LogP contribution in [0.2, 0.25) is 0 Å². The monoisotopic (exact) mass is 248 g/mol. The van der Waals surface area contributed by atoms with Gasteiger partial charge in [-0.2, -0.15) is 0 Å². The highest BCUT2D eigenvalue weighted by Gasteiger charge is 2.09. The maximum absolute atomic E-state index is 10.6. The fourth-order valence-electron chi connectivity index (χ4n) is 1.23. The maximum atomic E-state index is 10.6. The zero-order valence-electron chi connectivity index (χ0n) is 9.27. The number of rotatable bonds is 3. The SMILES string of the molecule is Cc1nonc1N=Cc1cc([N+](=O)[O-])ccc1O. The van der Waals surface area contributed by atoms with Gasteiger partial charge in [-0.05, 0) is 18.1 Å². The summed E-state index contributed by atoms with van der Waals surface area (Å²) in [6.45, 7) is 1.65. The first-order chi connectivity index (χ1) is 8.58. The van der Waals surface area contributed by atoms with Crippen molar-refractivity contribution in [1.29, 1.82) is 0 Å². The second-order valence-corrected chi connectivity index (χ2v) is 3.43. The van der Waals surface area contributed by atoms with E-state index in [2.05, 4.69) is 19.9 Å². The third-order valence-corrected chi connectivity index (χ3v) is 2.18. The van der Waals surface area contributed by atoms with Crippen LogP contribution in [-0.4, -0.2) is 26.6 Å². The molecule has 0 aliphatic rings. The molecular weight excluding hydrogens is 240 g/mol. The summed E-state index contributed by atoms with van der Waals surface area (Å²) < 4.78 is 4.44. The number of non-ortho nitro benzene ring substituents is 1. The number of aryl methyl sites for hydroxylation is 1. The van der Waals surface area contributed by atoms with Crippen LogP contribution in [-0.2, 0) is 0 Å². The molecule has 0 saturated carbocycles. The minimum absolute atomic E-state index is 0.113. The Balaban J connectivity index is 2.34. The molecule has 1 heterocycles. The summed E-state index contributed by atoms with van der Waals surface area (Å²) in [5.41, 5.74) is 0.562. The van der Waals surface area contributed by atoms with Gasteiger partial charge in [0.2, 0.25) is 5.82 Å². The number of nitro benzene ring substituents is 1. The number of aromatic nitrogens is 2. The molecule has 0 fully saturated rings. The van der Waals surface area contributed by atoms with Gasteiger partial charge in [-0.25, -0.2) is 9.62 Å².